The number of hydrogen-bond donors (Lipinski definition) is 2. The molecule has 0 saturated carbocycles. The van der Waals surface area contributed by atoms with E-state index >= 15 is 0 Å². The largest absolute Gasteiger partial charge is 0.354 e. The maximum absolute atomic E-state index is 11.3. The van der Waals surface area contributed by atoms with Crippen molar-refractivity contribution in [1.29, 1.82) is 0 Å². The van der Waals surface area contributed by atoms with E-state index in [-0.39, 0.29) is 11.9 Å². The molecule has 92 valence electrons. The molecule has 1 amide bonds. The summed E-state index contributed by atoms with van der Waals surface area (Å²) < 4.78 is 0. The lowest BCUT2D eigenvalue weighted by Gasteiger charge is -2.24. The van der Waals surface area contributed by atoms with Gasteiger partial charge < -0.3 is 16.0 Å². The molecule has 5 heteroatoms. The molecule has 1 fully saturated rings. The van der Waals surface area contributed by atoms with Crippen molar-refractivity contribution in [2.45, 2.75) is 19.4 Å². The first-order valence-electron chi connectivity index (χ1n) is 5.90. The first-order valence-corrected chi connectivity index (χ1v) is 5.90. The van der Waals surface area contributed by atoms with Gasteiger partial charge in [0.1, 0.15) is 5.82 Å². The molecule has 1 aromatic rings. The van der Waals surface area contributed by atoms with Crippen LogP contribution in [0.2, 0.25) is 0 Å². The van der Waals surface area contributed by atoms with Crippen molar-refractivity contribution in [3.63, 3.8) is 0 Å². The average Bonchev–Trinajstić information content (AvgIpc) is 2.54. The van der Waals surface area contributed by atoms with Gasteiger partial charge in [0.15, 0.2) is 0 Å². The zero-order valence-corrected chi connectivity index (χ0v) is 10.0. The maximum Gasteiger partial charge on any atom is 0.221 e. The fourth-order valence-corrected chi connectivity index (χ4v) is 2.01. The number of aromatic nitrogens is 1. The van der Waals surface area contributed by atoms with Crippen LogP contribution in [0.5, 0.6) is 0 Å². The summed E-state index contributed by atoms with van der Waals surface area (Å²) in [5, 5.41) is 2.85. The predicted molar refractivity (Wildman–Crippen MR) is 66.7 cm³/mol. The lowest BCUT2D eigenvalue weighted by Crippen LogP contribution is -2.30. The Balaban J connectivity index is 2.23. The molecular formula is C12H18N4O. The summed E-state index contributed by atoms with van der Waals surface area (Å²) in [6, 6.07) is 3.84. The van der Waals surface area contributed by atoms with Gasteiger partial charge in [0.25, 0.3) is 0 Å². The minimum atomic E-state index is -0.0504. The summed E-state index contributed by atoms with van der Waals surface area (Å²) in [7, 11) is 0. The molecule has 1 aliphatic rings. The van der Waals surface area contributed by atoms with Crippen LogP contribution in [0.25, 0.3) is 0 Å². The third-order valence-corrected chi connectivity index (χ3v) is 2.92. The van der Waals surface area contributed by atoms with Gasteiger partial charge in [-0.25, -0.2) is 4.98 Å². The number of nitrogens with zero attached hydrogens (tertiary/aromatic N) is 2. The molecule has 1 saturated heterocycles. The Kier molecular flexibility index (Phi) is 3.58. The Labute approximate surface area is 101 Å². The molecule has 1 aliphatic heterocycles. The van der Waals surface area contributed by atoms with Gasteiger partial charge in [0.2, 0.25) is 5.91 Å². The molecule has 1 atom stereocenters. The zero-order valence-electron chi connectivity index (χ0n) is 10.0. The molecule has 0 radical (unpaired) electrons. The van der Waals surface area contributed by atoms with Crippen LogP contribution >= 0.6 is 0 Å². The van der Waals surface area contributed by atoms with Crippen LogP contribution in [0.1, 0.15) is 24.9 Å². The predicted octanol–water partition coefficient (Wildman–Crippen LogP) is 0.428. The van der Waals surface area contributed by atoms with E-state index in [1.54, 1.807) is 6.20 Å². The highest BCUT2D eigenvalue weighted by Gasteiger charge is 2.18. The number of nitrogens with two attached hydrogens (primary N) is 1. The van der Waals surface area contributed by atoms with E-state index in [1.807, 2.05) is 19.1 Å². The van der Waals surface area contributed by atoms with Crippen molar-refractivity contribution in [2.75, 3.05) is 24.5 Å². The topological polar surface area (TPSA) is 71.2 Å². The van der Waals surface area contributed by atoms with Gasteiger partial charge in [-0.3, -0.25) is 4.79 Å². The molecular weight excluding hydrogens is 216 g/mol. The van der Waals surface area contributed by atoms with Crippen LogP contribution in [0.4, 0.5) is 5.82 Å². The minimum absolute atomic E-state index is 0.0504. The highest BCUT2D eigenvalue weighted by Crippen LogP contribution is 2.22. The van der Waals surface area contributed by atoms with E-state index < -0.39 is 0 Å². The summed E-state index contributed by atoms with van der Waals surface area (Å²) in [6.07, 6.45) is 2.27. The van der Waals surface area contributed by atoms with Gasteiger partial charge in [-0.05, 0) is 13.0 Å². The summed E-state index contributed by atoms with van der Waals surface area (Å²) in [6.45, 7) is 4.08. The molecule has 0 spiro atoms. The maximum atomic E-state index is 11.3. The SMILES string of the molecule is C[C@H](N)c1cccnc1N1CCNC(=O)CC1. The third kappa shape index (κ3) is 2.74. The molecule has 0 bridgehead atoms. The van der Waals surface area contributed by atoms with Crippen LogP contribution in [-0.4, -0.2) is 30.5 Å². The van der Waals surface area contributed by atoms with Crippen LogP contribution < -0.4 is 16.0 Å². The lowest BCUT2D eigenvalue weighted by atomic mass is 10.1. The highest BCUT2D eigenvalue weighted by atomic mass is 16.1. The summed E-state index contributed by atoms with van der Waals surface area (Å²) in [4.78, 5) is 17.8. The van der Waals surface area contributed by atoms with Crippen molar-refractivity contribution >= 4 is 11.7 Å². The molecule has 0 aromatic carbocycles. The number of anilines is 1. The number of hydrogen-bond acceptors (Lipinski definition) is 4. The fourth-order valence-electron chi connectivity index (χ4n) is 2.01. The number of carbonyl (C=O) groups excluding carboxylic acids is 1. The number of pyridine rings is 1. The zero-order chi connectivity index (χ0) is 12.3. The van der Waals surface area contributed by atoms with E-state index in [0.717, 1.165) is 17.9 Å². The molecule has 3 N–H and O–H groups in total. The number of rotatable bonds is 2. The monoisotopic (exact) mass is 234 g/mol. The van der Waals surface area contributed by atoms with E-state index in [1.165, 1.54) is 0 Å². The highest BCUT2D eigenvalue weighted by molar-refractivity contribution is 5.77. The van der Waals surface area contributed by atoms with Crippen molar-refractivity contribution in [3.05, 3.63) is 23.9 Å². The third-order valence-electron chi connectivity index (χ3n) is 2.92. The molecule has 0 aliphatic carbocycles. The molecule has 2 heterocycles. The average molecular weight is 234 g/mol. The van der Waals surface area contributed by atoms with Gasteiger partial charge >= 0.3 is 0 Å². The van der Waals surface area contributed by atoms with Crippen LogP contribution in [-0.2, 0) is 4.79 Å². The smallest absolute Gasteiger partial charge is 0.221 e. The quantitative estimate of drug-likeness (QED) is 0.778. The first-order chi connectivity index (χ1) is 8.18. The Morgan fingerprint density at radius 1 is 1.53 bits per heavy atom. The van der Waals surface area contributed by atoms with Gasteiger partial charge in [-0.15, -0.1) is 0 Å². The Bertz CT molecular complexity index is 405. The van der Waals surface area contributed by atoms with Gasteiger partial charge in [-0.1, -0.05) is 6.07 Å². The second kappa shape index (κ2) is 5.14. The molecule has 5 nitrogen and oxygen atoms in total. The Morgan fingerprint density at radius 3 is 3.12 bits per heavy atom. The summed E-state index contributed by atoms with van der Waals surface area (Å²) in [5.41, 5.74) is 6.97. The number of carbonyl (C=O) groups is 1. The van der Waals surface area contributed by atoms with E-state index in [0.29, 0.717) is 19.5 Å². The van der Waals surface area contributed by atoms with Gasteiger partial charge in [-0.2, -0.15) is 0 Å². The van der Waals surface area contributed by atoms with Crippen LogP contribution in [0.15, 0.2) is 18.3 Å². The van der Waals surface area contributed by atoms with Crippen molar-refractivity contribution in [1.82, 2.24) is 10.3 Å². The molecule has 2 rings (SSSR count). The standard InChI is InChI=1S/C12H18N4O/c1-9(13)10-3-2-5-15-12(10)16-7-4-11(17)14-6-8-16/h2-3,5,9H,4,6-8,13H2,1H3,(H,14,17)/t9-/m0/s1. The second-order valence-electron chi connectivity index (χ2n) is 4.29. The second-order valence-corrected chi connectivity index (χ2v) is 4.29. The first kappa shape index (κ1) is 11.9. The van der Waals surface area contributed by atoms with Gasteiger partial charge in [0.05, 0.1) is 0 Å². The van der Waals surface area contributed by atoms with Crippen molar-refractivity contribution in [2.24, 2.45) is 5.73 Å². The summed E-state index contributed by atoms with van der Waals surface area (Å²) >= 11 is 0. The van der Waals surface area contributed by atoms with Gasteiger partial charge in [0, 0.05) is 43.9 Å². The van der Waals surface area contributed by atoms with Crippen LogP contribution in [0.3, 0.4) is 0 Å². The fraction of sp³-hybridized carbons (Fsp3) is 0.500. The van der Waals surface area contributed by atoms with E-state index in [9.17, 15) is 4.79 Å². The molecule has 17 heavy (non-hydrogen) atoms. The number of nitrogens with one attached hydrogen (secondary N) is 1. The van der Waals surface area contributed by atoms with E-state index in [4.69, 9.17) is 5.73 Å². The lowest BCUT2D eigenvalue weighted by molar-refractivity contribution is -0.120. The molecule has 1 aromatic heterocycles. The Morgan fingerprint density at radius 2 is 2.35 bits per heavy atom. The number of amides is 1. The van der Waals surface area contributed by atoms with Crippen molar-refractivity contribution < 1.29 is 4.79 Å². The van der Waals surface area contributed by atoms with E-state index in [2.05, 4.69) is 15.2 Å². The Hall–Kier alpha value is -1.62. The minimum Gasteiger partial charge on any atom is -0.354 e. The summed E-state index contributed by atoms with van der Waals surface area (Å²) in [5.74, 6) is 1.00. The van der Waals surface area contributed by atoms with Crippen LogP contribution in [0, 0.1) is 0 Å². The molecule has 0 unspecified atom stereocenters. The van der Waals surface area contributed by atoms with Crippen molar-refractivity contribution in [3.8, 4) is 0 Å². The normalized spacial score (nSPS) is 18.5.